The summed E-state index contributed by atoms with van der Waals surface area (Å²) in [6.07, 6.45) is 2.00. The molecule has 0 aromatic carbocycles. The van der Waals surface area contributed by atoms with E-state index in [-0.39, 0.29) is 5.41 Å². The van der Waals surface area contributed by atoms with Crippen molar-refractivity contribution in [3.05, 3.63) is 23.9 Å². The van der Waals surface area contributed by atoms with Gasteiger partial charge >= 0.3 is 5.82 Å². The molecule has 0 amide bonds. The number of aromatic nitrogens is 1. The van der Waals surface area contributed by atoms with E-state index in [0.29, 0.717) is 19.9 Å². The normalized spacial score (nSPS) is 16.6. The van der Waals surface area contributed by atoms with Crippen LogP contribution in [0.1, 0.15) is 26.3 Å². The molecule has 98 valence electrons. The Morgan fingerprint density at radius 2 is 2.11 bits per heavy atom. The third kappa shape index (κ3) is 2.31. The fraction of sp³-hybridized carbons (Fsp3) is 0.571. The zero-order chi connectivity index (χ0) is 13.2. The summed E-state index contributed by atoms with van der Waals surface area (Å²) in [5.74, 6) is 1.01. The first-order chi connectivity index (χ1) is 8.57. The van der Waals surface area contributed by atoms with E-state index in [0.717, 1.165) is 11.5 Å². The van der Waals surface area contributed by atoms with Crippen molar-refractivity contribution in [1.29, 1.82) is 0 Å². The van der Waals surface area contributed by atoms with Crippen molar-refractivity contribution in [3.63, 3.8) is 0 Å². The van der Waals surface area contributed by atoms with E-state index >= 15 is 0 Å². The molecule has 0 spiro atoms. The Balaban J connectivity index is 2.18. The molecular weight excluding hydrogens is 228 g/mol. The summed E-state index contributed by atoms with van der Waals surface area (Å²) in [5, 5.41) is 0. The van der Waals surface area contributed by atoms with Crippen LogP contribution in [0.4, 0.5) is 5.82 Å². The number of aliphatic imine (C=N–C) groups is 1. The Kier molecular flexibility index (Phi) is 3.78. The Labute approximate surface area is 108 Å². The van der Waals surface area contributed by atoms with Crippen LogP contribution in [-0.4, -0.2) is 26.0 Å². The first-order valence-electron chi connectivity index (χ1n) is 6.22. The quantitative estimate of drug-likeness (QED) is 0.591. The standard InChI is InChI=1S/C14H21N2O2/c1-11-14(2,3)12-6-5-7-16(13(12)15-11)10-18-9-8-17-4/h5-7H,8-10H2,1-4H3/q+1. The lowest BCUT2D eigenvalue weighted by Crippen LogP contribution is -2.36. The predicted molar refractivity (Wildman–Crippen MR) is 70.3 cm³/mol. The summed E-state index contributed by atoms with van der Waals surface area (Å²) in [5.41, 5.74) is 2.43. The molecule has 1 aromatic heterocycles. The summed E-state index contributed by atoms with van der Waals surface area (Å²) in [6, 6.07) is 4.19. The number of pyridine rings is 1. The lowest BCUT2D eigenvalue weighted by atomic mass is 9.83. The number of rotatable bonds is 5. The molecule has 1 aromatic rings. The number of ether oxygens (including phenoxy) is 2. The molecule has 18 heavy (non-hydrogen) atoms. The zero-order valence-electron chi connectivity index (χ0n) is 11.6. The number of nitrogens with zero attached hydrogens (tertiary/aromatic N) is 2. The first kappa shape index (κ1) is 13.2. The van der Waals surface area contributed by atoms with Crippen LogP contribution in [0.25, 0.3) is 0 Å². The van der Waals surface area contributed by atoms with Crippen LogP contribution in [0.2, 0.25) is 0 Å². The van der Waals surface area contributed by atoms with Gasteiger partial charge in [0.1, 0.15) is 5.71 Å². The van der Waals surface area contributed by atoms with Crippen molar-refractivity contribution < 1.29 is 14.0 Å². The lowest BCUT2D eigenvalue weighted by molar-refractivity contribution is -0.721. The molecule has 2 heterocycles. The summed E-state index contributed by atoms with van der Waals surface area (Å²) in [6.45, 7) is 8.21. The van der Waals surface area contributed by atoms with Gasteiger partial charge in [-0.3, -0.25) is 0 Å². The minimum Gasteiger partial charge on any atom is -0.382 e. The van der Waals surface area contributed by atoms with Gasteiger partial charge < -0.3 is 9.47 Å². The molecule has 0 saturated heterocycles. The average Bonchev–Trinajstić information content (AvgIpc) is 2.58. The highest BCUT2D eigenvalue weighted by atomic mass is 16.5. The first-order valence-corrected chi connectivity index (χ1v) is 6.22. The van der Waals surface area contributed by atoms with Crippen LogP contribution >= 0.6 is 0 Å². The molecule has 0 atom stereocenters. The van der Waals surface area contributed by atoms with Crippen LogP contribution in [0, 0.1) is 0 Å². The van der Waals surface area contributed by atoms with Crippen LogP contribution < -0.4 is 4.57 Å². The highest BCUT2D eigenvalue weighted by molar-refractivity contribution is 5.98. The van der Waals surface area contributed by atoms with Crippen molar-refractivity contribution in [1.82, 2.24) is 0 Å². The highest BCUT2D eigenvalue weighted by Gasteiger charge is 2.40. The van der Waals surface area contributed by atoms with Gasteiger partial charge in [-0.2, -0.15) is 0 Å². The van der Waals surface area contributed by atoms with Gasteiger partial charge in [0.2, 0.25) is 0 Å². The van der Waals surface area contributed by atoms with Crippen LogP contribution in [0.15, 0.2) is 23.3 Å². The number of fused-ring (bicyclic) bond motifs is 1. The molecule has 4 heteroatoms. The maximum absolute atomic E-state index is 5.56. The smallest absolute Gasteiger partial charge is 0.328 e. The molecule has 4 nitrogen and oxygen atoms in total. The van der Waals surface area contributed by atoms with E-state index in [1.54, 1.807) is 7.11 Å². The van der Waals surface area contributed by atoms with Gasteiger partial charge in [-0.15, -0.1) is 0 Å². The largest absolute Gasteiger partial charge is 0.382 e. The Morgan fingerprint density at radius 3 is 2.83 bits per heavy atom. The molecule has 0 N–H and O–H groups in total. The van der Waals surface area contributed by atoms with Crippen LogP contribution in [0.3, 0.4) is 0 Å². The Morgan fingerprint density at radius 1 is 1.33 bits per heavy atom. The monoisotopic (exact) mass is 249 g/mol. The van der Waals surface area contributed by atoms with Gasteiger partial charge in [0, 0.05) is 7.11 Å². The molecule has 0 radical (unpaired) electrons. The zero-order valence-corrected chi connectivity index (χ0v) is 11.6. The minimum atomic E-state index is 0.0187. The lowest BCUT2D eigenvalue weighted by Gasteiger charge is -2.15. The van der Waals surface area contributed by atoms with Crippen LogP contribution in [-0.2, 0) is 21.6 Å². The second kappa shape index (κ2) is 5.16. The minimum absolute atomic E-state index is 0.0187. The van der Waals surface area contributed by atoms with E-state index in [4.69, 9.17) is 9.47 Å². The third-order valence-corrected chi connectivity index (χ3v) is 3.56. The molecule has 0 unspecified atom stereocenters. The highest BCUT2D eigenvalue weighted by Crippen LogP contribution is 2.37. The SMILES string of the molecule is COCCOC[n+]1cccc2c1N=C(C)C2(C)C. The number of hydrogen-bond acceptors (Lipinski definition) is 3. The van der Waals surface area contributed by atoms with E-state index in [1.807, 2.05) is 16.8 Å². The average molecular weight is 249 g/mol. The van der Waals surface area contributed by atoms with Crippen molar-refractivity contribution in [2.45, 2.75) is 32.9 Å². The van der Waals surface area contributed by atoms with Crippen molar-refractivity contribution in [2.75, 3.05) is 20.3 Å². The van der Waals surface area contributed by atoms with Crippen molar-refractivity contribution >= 4 is 11.5 Å². The molecule has 1 aliphatic rings. The van der Waals surface area contributed by atoms with Gasteiger partial charge in [-0.1, -0.05) is 0 Å². The van der Waals surface area contributed by atoms with E-state index < -0.39 is 0 Å². The predicted octanol–water partition coefficient (Wildman–Crippen LogP) is 1.98. The van der Waals surface area contributed by atoms with Crippen molar-refractivity contribution in [2.24, 2.45) is 4.99 Å². The summed E-state index contributed by atoms with van der Waals surface area (Å²) < 4.78 is 12.6. The summed E-state index contributed by atoms with van der Waals surface area (Å²) >= 11 is 0. The van der Waals surface area contributed by atoms with Gasteiger partial charge in [0.05, 0.1) is 30.4 Å². The second-order valence-electron chi connectivity index (χ2n) is 5.07. The fourth-order valence-electron chi connectivity index (χ4n) is 2.06. The molecule has 0 bridgehead atoms. The molecule has 0 fully saturated rings. The molecule has 1 aliphatic heterocycles. The number of methoxy groups -OCH3 is 1. The Hall–Kier alpha value is -1.26. The molecular formula is C14H21N2O2+. The maximum atomic E-state index is 5.56. The van der Waals surface area contributed by atoms with Gasteiger partial charge in [-0.05, 0) is 37.9 Å². The van der Waals surface area contributed by atoms with E-state index in [1.165, 1.54) is 5.56 Å². The van der Waals surface area contributed by atoms with Crippen LogP contribution in [0.5, 0.6) is 0 Å². The third-order valence-electron chi connectivity index (χ3n) is 3.56. The van der Waals surface area contributed by atoms with Gasteiger partial charge in [0.25, 0.3) is 0 Å². The second-order valence-corrected chi connectivity index (χ2v) is 5.07. The molecule has 0 saturated carbocycles. The summed E-state index contributed by atoms with van der Waals surface area (Å²) in [4.78, 5) is 4.67. The van der Waals surface area contributed by atoms with E-state index in [9.17, 15) is 0 Å². The topological polar surface area (TPSA) is 34.7 Å². The van der Waals surface area contributed by atoms with Gasteiger partial charge in [0.15, 0.2) is 6.73 Å². The fourth-order valence-corrected chi connectivity index (χ4v) is 2.06. The number of hydrogen-bond donors (Lipinski definition) is 0. The van der Waals surface area contributed by atoms with Gasteiger partial charge in [-0.25, -0.2) is 4.57 Å². The molecule has 2 rings (SSSR count). The maximum Gasteiger partial charge on any atom is 0.328 e. The van der Waals surface area contributed by atoms with Crippen molar-refractivity contribution in [3.8, 4) is 0 Å². The molecule has 0 aliphatic carbocycles. The van der Waals surface area contributed by atoms with E-state index in [2.05, 4.69) is 31.8 Å². The Bertz CT molecular complexity index is 467. The summed E-state index contributed by atoms with van der Waals surface area (Å²) in [7, 11) is 1.67.